The topological polar surface area (TPSA) is 65.1 Å². The molecule has 1 heterocycles. The molecule has 1 fully saturated rings. The largest absolute Gasteiger partial charge is 0.469 e. The highest BCUT2D eigenvalue weighted by molar-refractivity contribution is 5.80. The van der Waals surface area contributed by atoms with Crippen molar-refractivity contribution in [2.24, 2.45) is 11.8 Å². The van der Waals surface area contributed by atoms with Gasteiger partial charge in [0.15, 0.2) is 11.5 Å². The van der Waals surface area contributed by atoms with Crippen LogP contribution in [0.1, 0.15) is 44.6 Å². The number of carbonyl (C=O) groups excluding carboxylic acids is 2. The van der Waals surface area contributed by atoms with Crippen LogP contribution in [0.15, 0.2) is 18.2 Å². The Balaban J connectivity index is 1.75. The minimum Gasteiger partial charge on any atom is -0.469 e. The second kappa shape index (κ2) is 8.43. The van der Waals surface area contributed by atoms with E-state index >= 15 is 0 Å². The summed E-state index contributed by atoms with van der Waals surface area (Å²) in [5, 5.41) is 0. The molecule has 1 aromatic carbocycles. The molecular weight excluding hydrogens is 334 g/mol. The lowest BCUT2D eigenvalue weighted by Gasteiger charge is -2.31. The summed E-state index contributed by atoms with van der Waals surface area (Å²) in [6.45, 7) is 2.83. The summed E-state index contributed by atoms with van der Waals surface area (Å²) in [7, 11) is 1.38. The molecule has 26 heavy (non-hydrogen) atoms. The SMILES string of the molecule is COC(=O)C(C)CN(Cc1ccc2c(c1)OCO2)C(=O)C1CCCCC1. The van der Waals surface area contributed by atoms with E-state index in [1.807, 2.05) is 18.2 Å². The number of ether oxygens (including phenoxy) is 3. The zero-order valence-corrected chi connectivity index (χ0v) is 15.5. The van der Waals surface area contributed by atoms with E-state index < -0.39 is 0 Å². The van der Waals surface area contributed by atoms with Crippen LogP contribution >= 0.6 is 0 Å². The number of nitrogens with zero attached hydrogens (tertiary/aromatic N) is 1. The molecule has 2 aliphatic rings. The van der Waals surface area contributed by atoms with Crippen molar-refractivity contribution in [1.29, 1.82) is 0 Å². The monoisotopic (exact) mass is 361 g/mol. The number of rotatable bonds is 6. The summed E-state index contributed by atoms with van der Waals surface area (Å²) in [6.07, 6.45) is 5.26. The van der Waals surface area contributed by atoms with Crippen molar-refractivity contribution in [1.82, 2.24) is 4.90 Å². The predicted molar refractivity (Wildman–Crippen MR) is 95.7 cm³/mol. The van der Waals surface area contributed by atoms with Crippen LogP contribution in [0.4, 0.5) is 0 Å². The standard InChI is InChI=1S/C20H27NO5/c1-14(20(23)24-2)11-21(19(22)16-6-4-3-5-7-16)12-15-8-9-17-18(10-15)26-13-25-17/h8-10,14,16H,3-7,11-13H2,1-2H3. The fourth-order valence-electron chi connectivity index (χ4n) is 3.71. The van der Waals surface area contributed by atoms with Crippen molar-refractivity contribution in [3.05, 3.63) is 23.8 Å². The molecule has 6 nitrogen and oxygen atoms in total. The van der Waals surface area contributed by atoms with E-state index in [-0.39, 0.29) is 30.5 Å². The Morgan fingerprint density at radius 1 is 1.19 bits per heavy atom. The average molecular weight is 361 g/mol. The molecule has 1 aliphatic carbocycles. The first-order valence-electron chi connectivity index (χ1n) is 9.33. The Bertz CT molecular complexity index is 654. The third-order valence-corrected chi connectivity index (χ3v) is 5.17. The molecule has 6 heteroatoms. The van der Waals surface area contributed by atoms with Crippen LogP contribution in [-0.2, 0) is 20.9 Å². The van der Waals surface area contributed by atoms with Crippen LogP contribution in [0.2, 0.25) is 0 Å². The van der Waals surface area contributed by atoms with Crippen molar-refractivity contribution in [2.75, 3.05) is 20.4 Å². The summed E-state index contributed by atoms with van der Waals surface area (Å²) in [6, 6.07) is 5.72. The molecule has 1 aromatic rings. The maximum Gasteiger partial charge on any atom is 0.310 e. The number of methoxy groups -OCH3 is 1. The number of carbonyl (C=O) groups is 2. The Labute approximate surface area is 154 Å². The Hall–Kier alpha value is -2.24. The fourth-order valence-corrected chi connectivity index (χ4v) is 3.71. The van der Waals surface area contributed by atoms with Gasteiger partial charge in [-0.05, 0) is 30.5 Å². The zero-order valence-electron chi connectivity index (χ0n) is 15.5. The lowest BCUT2D eigenvalue weighted by Crippen LogP contribution is -2.40. The number of benzene rings is 1. The molecule has 142 valence electrons. The summed E-state index contributed by atoms with van der Waals surface area (Å²) >= 11 is 0. The van der Waals surface area contributed by atoms with Crippen molar-refractivity contribution in [2.45, 2.75) is 45.6 Å². The second-order valence-electron chi connectivity index (χ2n) is 7.17. The molecule has 0 spiro atoms. The maximum atomic E-state index is 13.1. The van der Waals surface area contributed by atoms with E-state index in [1.54, 1.807) is 11.8 Å². The summed E-state index contributed by atoms with van der Waals surface area (Å²) in [5.41, 5.74) is 0.968. The first-order valence-corrected chi connectivity index (χ1v) is 9.33. The van der Waals surface area contributed by atoms with Gasteiger partial charge >= 0.3 is 5.97 Å². The smallest absolute Gasteiger partial charge is 0.310 e. The third kappa shape index (κ3) is 4.29. The molecule has 3 rings (SSSR count). The van der Waals surface area contributed by atoms with E-state index in [4.69, 9.17) is 14.2 Å². The van der Waals surface area contributed by atoms with Crippen molar-refractivity contribution >= 4 is 11.9 Å². The zero-order chi connectivity index (χ0) is 18.5. The minimum absolute atomic E-state index is 0.0580. The van der Waals surface area contributed by atoms with Gasteiger partial charge in [0.05, 0.1) is 13.0 Å². The molecule has 1 atom stereocenters. The Kier molecular flexibility index (Phi) is 6.01. The molecule has 0 radical (unpaired) electrons. The van der Waals surface area contributed by atoms with Gasteiger partial charge in [-0.15, -0.1) is 0 Å². The molecule has 1 aliphatic heterocycles. The number of hydrogen-bond acceptors (Lipinski definition) is 5. The summed E-state index contributed by atoms with van der Waals surface area (Å²) in [4.78, 5) is 26.8. The van der Waals surface area contributed by atoms with Crippen molar-refractivity contribution in [3.63, 3.8) is 0 Å². The minimum atomic E-state index is -0.360. The van der Waals surface area contributed by atoms with E-state index in [0.717, 1.165) is 37.0 Å². The molecule has 1 saturated carbocycles. The van der Waals surface area contributed by atoms with Crippen molar-refractivity contribution in [3.8, 4) is 11.5 Å². The van der Waals surface area contributed by atoms with Gasteiger partial charge in [0.25, 0.3) is 0 Å². The van der Waals surface area contributed by atoms with Gasteiger partial charge in [-0.25, -0.2) is 0 Å². The van der Waals surface area contributed by atoms with Gasteiger partial charge in [0.1, 0.15) is 0 Å². The molecule has 1 amide bonds. The predicted octanol–water partition coefficient (Wildman–Crippen LogP) is 3.13. The van der Waals surface area contributed by atoms with Crippen LogP contribution < -0.4 is 9.47 Å². The summed E-state index contributed by atoms with van der Waals surface area (Å²) < 4.78 is 15.6. The Morgan fingerprint density at radius 2 is 1.92 bits per heavy atom. The molecule has 0 bridgehead atoms. The second-order valence-corrected chi connectivity index (χ2v) is 7.17. The molecule has 0 aromatic heterocycles. The number of fused-ring (bicyclic) bond motifs is 1. The highest BCUT2D eigenvalue weighted by Gasteiger charge is 2.29. The average Bonchev–Trinajstić information content (AvgIpc) is 3.14. The first kappa shape index (κ1) is 18.5. The first-order chi connectivity index (χ1) is 12.6. The molecule has 0 N–H and O–H groups in total. The van der Waals surface area contributed by atoms with Crippen LogP contribution in [0.3, 0.4) is 0 Å². The van der Waals surface area contributed by atoms with E-state index in [2.05, 4.69) is 0 Å². The molecule has 0 saturated heterocycles. The molecular formula is C20H27NO5. The van der Waals surface area contributed by atoms with Crippen LogP contribution in [0.5, 0.6) is 11.5 Å². The quantitative estimate of drug-likeness (QED) is 0.729. The van der Waals surface area contributed by atoms with E-state index in [9.17, 15) is 9.59 Å². The maximum absolute atomic E-state index is 13.1. The van der Waals surface area contributed by atoms with Gasteiger partial charge in [-0.1, -0.05) is 32.3 Å². The van der Waals surface area contributed by atoms with Gasteiger partial charge in [0, 0.05) is 19.0 Å². The van der Waals surface area contributed by atoms with Crippen molar-refractivity contribution < 1.29 is 23.8 Å². The lowest BCUT2D eigenvalue weighted by atomic mass is 9.88. The number of esters is 1. The van der Waals surface area contributed by atoms with Gasteiger partial charge in [-0.3, -0.25) is 9.59 Å². The molecule has 1 unspecified atom stereocenters. The third-order valence-electron chi connectivity index (χ3n) is 5.17. The van der Waals surface area contributed by atoms with Crippen LogP contribution in [-0.4, -0.2) is 37.2 Å². The summed E-state index contributed by atoms with van der Waals surface area (Å²) in [5.74, 6) is 0.967. The van der Waals surface area contributed by atoms with Gasteiger partial charge in [-0.2, -0.15) is 0 Å². The fraction of sp³-hybridized carbons (Fsp3) is 0.600. The van der Waals surface area contributed by atoms with Gasteiger partial charge < -0.3 is 19.1 Å². The van der Waals surface area contributed by atoms with E-state index in [1.165, 1.54) is 13.5 Å². The van der Waals surface area contributed by atoms with Crippen LogP contribution in [0.25, 0.3) is 0 Å². The van der Waals surface area contributed by atoms with E-state index in [0.29, 0.717) is 18.8 Å². The van der Waals surface area contributed by atoms with Crippen LogP contribution in [0, 0.1) is 11.8 Å². The normalized spacial score (nSPS) is 17.6. The van der Waals surface area contributed by atoms with Gasteiger partial charge in [0.2, 0.25) is 12.7 Å². The highest BCUT2D eigenvalue weighted by atomic mass is 16.7. The highest BCUT2D eigenvalue weighted by Crippen LogP contribution is 2.33. The number of amides is 1. The number of hydrogen-bond donors (Lipinski definition) is 0. The Morgan fingerprint density at radius 3 is 2.65 bits per heavy atom. The lowest BCUT2D eigenvalue weighted by molar-refractivity contribution is -0.147.